The summed E-state index contributed by atoms with van der Waals surface area (Å²) in [6.45, 7) is 2.01. The topological polar surface area (TPSA) is 113 Å². The molecule has 0 radical (unpaired) electrons. The molecule has 1 atom stereocenters. The van der Waals surface area contributed by atoms with Gasteiger partial charge in [-0.25, -0.2) is 9.79 Å². The lowest BCUT2D eigenvalue weighted by molar-refractivity contribution is -0.386. The minimum Gasteiger partial charge on any atom is -0.481 e. The van der Waals surface area contributed by atoms with E-state index in [9.17, 15) is 19.7 Å². The van der Waals surface area contributed by atoms with E-state index >= 15 is 0 Å². The van der Waals surface area contributed by atoms with Crippen LogP contribution in [-0.2, 0) is 16.1 Å². The summed E-state index contributed by atoms with van der Waals surface area (Å²) in [5, 5.41) is 14.2. The van der Waals surface area contributed by atoms with Crippen molar-refractivity contribution in [2.24, 2.45) is 4.99 Å². The minimum absolute atomic E-state index is 0.0888. The maximum atomic E-state index is 13.9. The molecule has 9 nitrogen and oxygen atoms in total. The number of fused-ring (bicyclic) bond motifs is 2. The third-order valence-electron chi connectivity index (χ3n) is 7.56. The van der Waals surface area contributed by atoms with Crippen LogP contribution in [-0.4, -0.2) is 22.6 Å². The van der Waals surface area contributed by atoms with Gasteiger partial charge in [0.2, 0.25) is 5.75 Å². The van der Waals surface area contributed by atoms with Gasteiger partial charge < -0.3 is 9.47 Å². The third-order valence-corrected chi connectivity index (χ3v) is 9.13. The number of allylic oxidation sites excluding steroid dienone is 1. The first-order valence-electron chi connectivity index (χ1n) is 14.1. The highest BCUT2D eigenvalue weighted by atomic mass is 79.9. The molecule has 0 unspecified atom stereocenters. The van der Waals surface area contributed by atoms with E-state index in [0.29, 0.717) is 37.1 Å². The number of thiazole rings is 1. The molecule has 0 N–H and O–H groups in total. The Morgan fingerprint density at radius 1 is 1.09 bits per heavy atom. The Morgan fingerprint density at radius 3 is 2.56 bits per heavy atom. The average molecular weight is 685 g/mol. The molecule has 0 saturated heterocycles. The number of aromatic nitrogens is 1. The molecule has 0 amide bonds. The van der Waals surface area contributed by atoms with Gasteiger partial charge in [-0.2, -0.15) is 0 Å². The van der Waals surface area contributed by atoms with E-state index in [1.54, 1.807) is 12.1 Å². The Morgan fingerprint density at radius 2 is 1.82 bits per heavy atom. The fourth-order valence-electron chi connectivity index (χ4n) is 5.50. The van der Waals surface area contributed by atoms with Gasteiger partial charge in [0.25, 0.3) is 5.56 Å². The second kappa shape index (κ2) is 12.6. The van der Waals surface area contributed by atoms with Crippen molar-refractivity contribution in [3.05, 3.63) is 147 Å². The van der Waals surface area contributed by atoms with Gasteiger partial charge >= 0.3 is 11.7 Å². The Bertz CT molecular complexity index is 2180. The van der Waals surface area contributed by atoms with Crippen molar-refractivity contribution < 1.29 is 19.2 Å². The van der Waals surface area contributed by atoms with Crippen LogP contribution < -0.4 is 19.6 Å². The quantitative estimate of drug-likeness (QED) is 0.109. The summed E-state index contributed by atoms with van der Waals surface area (Å²) >= 11 is 4.62. The number of carbonyl (C=O) groups is 1. The molecule has 1 aliphatic heterocycles. The molecule has 2 heterocycles. The van der Waals surface area contributed by atoms with Gasteiger partial charge in [-0.1, -0.05) is 91.1 Å². The van der Waals surface area contributed by atoms with Crippen LogP contribution in [0.15, 0.2) is 110 Å². The Labute approximate surface area is 269 Å². The first-order valence-corrected chi connectivity index (χ1v) is 15.7. The SMILES string of the molecule is CCC1=C(C(=O)OC)[C@H](c2ccccc2)n2c(s/c(=C/c3cc(Br)c(OCc4cccc5ccccc45)c([N+](=O)[O-])c3)c2=O)=N1. The zero-order valence-corrected chi connectivity index (χ0v) is 26.6. The monoisotopic (exact) mass is 683 g/mol. The summed E-state index contributed by atoms with van der Waals surface area (Å²) in [7, 11) is 1.30. The molecule has 6 rings (SSSR count). The molecular formula is C34H26BrN3O6S. The first-order chi connectivity index (χ1) is 21.8. The zero-order valence-electron chi connectivity index (χ0n) is 24.2. The summed E-state index contributed by atoms with van der Waals surface area (Å²) in [6.07, 6.45) is 2.05. The Balaban J connectivity index is 1.43. The Hall–Kier alpha value is -4.87. The molecule has 4 aromatic carbocycles. The molecule has 0 aliphatic carbocycles. The second-order valence-corrected chi connectivity index (χ2v) is 12.1. The van der Waals surface area contributed by atoms with Gasteiger partial charge in [0.05, 0.1) is 38.4 Å². The van der Waals surface area contributed by atoms with Crippen LogP contribution >= 0.6 is 27.3 Å². The van der Waals surface area contributed by atoms with Crippen LogP contribution in [0.5, 0.6) is 5.75 Å². The predicted octanol–water partition coefficient (Wildman–Crippen LogP) is 6.20. The smallest absolute Gasteiger partial charge is 0.338 e. The van der Waals surface area contributed by atoms with Gasteiger partial charge in [-0.05, 0) is 62.0 Å². The number of ether oxygens (including phenoxy) is 2. The van der Waals surface area contributed by atoms with Gasteiger partial charge in [-0.15, -0.1) is 0 Å². The van der Waals surface area contributed by atoms with Crippen LogP contribution in [0.4, 0.5) is 5.69 Å². The second-order valence-electron chi connectivity index (χ2n) is 10.2. The lowest BCUT2D eigenvalue weighted by Crippen LogP contribution is -2.40. The fourth-order valence-corrected chi connectivity index (χ4v) is 7.10. The number of nitrogens with zero attached hydrogens (tertiary/aromatic N) is 3. The molecule has 11 heteroatoms. The molecular weight excluding hydrogens is 658 g/mol. The molecule has 0 saturated carbocycles. The number of methoxy groups -OCH3 is 1. The fraction of sp³-hybridized carbons (Fsp3) is 0.147. The summed E-state index contributed by atoms with van der Waals surface area (Å²) in [4.78, 5) is 43.7. The number of benzene rings is 4. The number of hydrogen-bond acceptors (Lipinski definition) is 8. The number of nitro groups is 1. The van der Waals surface area contributed by atoms with Crippen LogP contribution in [0.25, 0.3) is 16.8 Å². The minimum atomic E-state index is -0.738. The van der Waals surface area contributed by atoms with Gasteiger partial charge in [0, 0.05) is 6.07 Å². The van der Waals surface area contributed by atoms with E-state index in [1.165, 1.54) is 17.7 Å². The van der Waals surface area contributed by atoms with Gasteiger partial charge in [0.1, 0.15) is 6.61 Å². The highest BCUT2D eigenvalue weighted by Crippen LogP contribution is 2.38. The van der Waals surface area contributed by atoms with Crippen molar-refractivity contribution in [1.82, 2.24) is 4.57 Å². The van der Waals surface area contributed by atoms with E-state index < -0.39 is 16.9 Å². The lowest BCUT2D eigenvalue weighted by atomic mass is 9.95. The van der Waals surface area contributed by atoms with E-state index in [1.807, 2.05) is 79.7 Å². The van der Waals surface area contributed by atoms with Crippen LogP contribution in [0.3, 0.4) is 0 Å². The summed E-state index contributed by atoms with van der Waals surface area (Å²) in [5.74, 6) is -0.469. The lowest BCUT2D eigenvalue weighted by Gasteiger charge is -2.25. The van der Waals surface area contributed by atoms with Crippen molar-refractivity contribution in [3.63, 3.8) is 0 Å². The molecule has 0 bridgehead atoms. The van der Waals surface area contributed by atoms with Gasteiger partial charge in [-0.3, -0.25) is 19.5 Å². The number of hydrogen-bond donors (Lipinski definition) is 0. The molecule has 45 heavy (non-hydrogen) atoms. The maximum Gasteiger partial charge on any atom is 0.338 e. The molecule has 0 spiro atoms. The standard InChI is InChI=1S/C34H26BrN3O6S/c1-3-26-29(33(40)43-2)30(22-11-5-4-6-12-22)37-32(39)28(45-34(37)36-26)18-20-16-25(35)31(27(17-20)38(41)42)44-19-23-14-9-13-21-10-7-8-15-24(21)23/h4-18,30H,3,19H2,1-2H3/b28-18+/t30-/m0/s1. The zero-order chi connectivity index (χ0) is 31.7. The number of carbonyl (C=O) groups excluding carboxylic acids is 1. The van der Waals surface area contributed by atoms with Crippen molar-refractivity contribution >= 4 is 55.8 Å². The van der Waals surface area contributed by atoms with Crippen molar-refractivity contribution in [3.8, 4) is 5.75 Å². The van der Waals surface area contributed by atoms with E-state index in [0.717, 1.165) is 33.2 Å². The largest absolute Gasteiger partial charge is 0.481 e. The number of nitro benzene ring substituents is 1. The highest BCUT2D eigenvalue weighted by Gasteiger charge is 2.33. The average Bonchev–Trinajstić information content (AvgIpc) is 3.36. The molecule has 0 fully saturated rings. The van der Waals surface area contributed by atoms with Crippen molar-refractivity contribution in [2.45, 2.75) is 26.0 Å². The third kappa shape index (κ3) is 5.72. The normalized spacial score (nSPS) is 14.6. The van der Waals surface area contributed by atoms with E-state index in [2.05, 4.69) is 20.9 Å². The molecule has 226 valence electrons. The van der Waals surface area contributed by atoms with Gasteiger partial charge in [0.15, 0.2) is 4.80 Å². The summed E-state index contributed by atoms with van der Waals surface area (Å²) in [5.41, 5.74) is 2.27. The number of rotatable bonds is 8. The summed E-state index contributed by atoms with van der Waals surface area (Å²) in [6, 6.07) is 25.3. The van der Waals surface area contributed by atoms with E-state index in [-0.39, 0.29) is 23.6 Å². The molecule has 5 aromatic rings. The number of esters is 1. The first kappa shape index (κ1) is 30.2. The Kier molecular flexibility index (Phi) is 8.46. The number of halogens is 1. The summed E-state index contributed by atoms with van der Waals surface area (Å²) < 4.78 is 13.3. The molecule has 1 aliphatic rings. The predicted molar refractivity (Wildman–Crippen MR) is 176 cm³/mol. The highest BCUT2D eigenvalue weighted by molar-refractivity contribution is 9.10. The van der Waals surface area contributed by atoms with Crippen LogP contribution in [0.2, 0.25) is 0 Å². The van der Waals surface area contributed by atoms with Crippen molar-refractivity contribution in [1.29, 1.82) is 0 Å². The van der Waals surface area contributed by atoms with Crippen LogP contribution in [0.1, 0.15) is 36.1 Å². The van der Waals surface area contributed by atoms with Crippen LogP contribution in [0, 0.1) is 10.1 Å². The van der Waals surface area contributed by atoms with E-state index in [4.69, 9.17) is 9.47 Å². The molecule has 1 aromatic heterocycles. The van der Waals surface area contributed by atoms with Crippen molar-refractivity contribution in [2.75, 3.05) is 7.11 Å². The maximum absolute atomic E-state index is 13.9.